The van der Waals surface area contributed by atoms with E-state index in [-0.39, 0.29) is 52.1 Å². The molecule has 0 saturated carbocycles. The number of rotatable bonds is 5. The van der Waals surface area contributed by atoms with Crippen molar-refractivity contribution in [3.63, 3.8) is 0 Å². The molecule has 1 aliphatic rings. The lowest BCUT2D eigenvalue weighted by Crippen LogP contribution is -2.58. The summed E-state index contributed by atoms with van der Waals surface area (Å²) in [6, 6.07) is 9.50. The van der Waals surface area contributed by atoms with Gasteiger partial charge >= 0.3 is 5.69 Å². The SMILES string of the molecule is C=CC(=O)N1C[C@H](C)N(c2nc(=O)n(-c3c(C)ccnc3C(C)C)c3nc(-c4cccc(F)c4N)c(C#N)cc23)C[C@H]1C. The van der Waals surface area contributed by atoms with Crippen LogP contribution >= 0.6 is 0 Å². The molecule has 4 heterocycles. The van der Waals surface area contributed by atoms with Crippen molar-refractivity contribution >= 4 is 28.4 Å². The number of aromatic nitrogens is 4. The van der Waals surface area contributed by atoms with Gasteiger partial charge in [0.15, 0.2) is 5.65 Å². The average Bonchev–Trinajstić information content (AvgIpc) is 2.98. The van der Waals surface area contributed by atoms with E-state index < -0.39 is 11.5 Å². The highest BCUT2D eigenvalue weighted by molar-refractivity contribution is 5.94. The first-order valence-electron chi connectivity index (χ1n) is 14.1. The van der Waals surface area contributed by atoms with Crippen LogP contribution in [0.15, 0.2) is 54.0 Å². The minimum absolute atomic E-state index is 0.0374. The number of amides is 1. The smallest absolute Gasteiger partial charge is 0.355 e. The highest BCUT2D eigenvalue weighted by Gasteiger charge is 2.34. The number of halogens is 1. The van der Waals surface area contributed by atoms with Gasteiger partial charge in [0.1, 0.15) is 17.7 Å². The molecule has 2 atom stereocenters. The zero-order chi connectivity index (χ0) is 31.2. The maximum atomic E-state index is 14.6. The molecule has 43 heavy (non-hydrogen) atoms. The number of nitriles is 1. The van der Waals surface area contributed by atoms with E-state index in [0.29, 0.717) is 35.7 Å². The van der Waals surface area contributed by atoms with Gasteiger partial charge in [0.25, 0.3) is 0 Å². The Bertz CT molecular complexity index is 1880. The summed E-state index contributed by atoms with van der Waals surface area (Å²) in [6.07, 6.45) is 2.98. The minimum Gasteiger partial charge on any atom is -0.396 e. The van der Waals surface area contributed by atoms with Gasteiger partial charge in [-0.2, -0.15) is 10.2 Å². The Morgan fingerprint density at radius 1 is 1.21 bits per heavy atom. The zero-order valence-corrected chi connectivity index (χ0v) is 24.8. The fourth-order valence-corrected chi connectivity index (χ4v) is 5.72. The summed E-state index contributed by atoms with van der Waals surface area (Å²) in [7, 11) is 0. The molecule has 1 amide bonds. The number of benzene rings is 1. The Morgan fingerprint density at radius 2 is 1.95 bits per heavy atom. The maximum absolute atomic E-state index is 14.6. The number of pyridine rings is 2. The monoisotopic (exact) mass is 580 g/mol. The lowest BCUT2D eigenvalue weighted by Gasteiger charge is -2.44. The van der Waals surface area contributed by atoms with Gasteiger partial charge in [-0.25, -0.2) is 18.7 Å². The van der Waals surface area contributed by atoms with Crippen LogP contribution in [0.4, 0.5) is 15.9 Å². The number of nitrogen functional groups attached to an aromatic ring is 1. The number of carbonyl (C=O) groups is 1. The van der Waals surface area contributed by atoms with Crippen LogP contribution in [-0.4, -0.2) is 55.5 Å². The van der Waals surface area contributed by atoms with Gasteiger partial charge in [0, 0.05) is 36.9 Å². The van der Waals surface area contributed by atoms with Crippen molar-refractivity contribution in [2.75, 3.05) is 23.7 Å². The van der Waals surface area contributed by atoms with Crippen molar-refractivity contribution in [1.29, 1.82) is 5.26 Å². The molecular formula is C32H33FN8O2. The summed E-state index contributed by atoms with van der Waals surface area (Å²) in [4.78, 5) is 44.3. The molecule has 0 aliphatic carbocycles. The predicted molar refractivity (Wildman–Crippen MR) is 164 cm³/mol. The van der Waals surface area contributed by atoms with Gasteiger partial charge in [-0.15, -0.1) is 0 Å². The van der Waals surface area contributed by atoms with Crippen molar-refractivity contribution in [3.05, 3.63) is 82.3 Å². The van der Waals surface area contributed by atoms with E-state index in [0.717, 1.165) is 5.56 Å². The number of carbonyl (C=O) groups excluding carboxylic acids is 1. The van der Waals surface area contributed by atoms with E-state index in [1.54, 1.807) is 23.2 Å². The van der Waals surface area contributed by atoms with E-state index >= 15 is 0 Å². The van der Waals surface area contributed by atoms with Gasteiger partial charge < -0.3 is 15.5 Å². The predicted octanol–water partition coefficient (Wildman–Crippen LogP) is 4.48. The molecular weight excluding hydrogens is 547 g/mol. The van der Waals surface area contributed by atoms with E-state index in [1.165, 1.54) is 22.8 Å². The van der Waals surface area contributed by atoms with Crippen LogP contribution in [0.3, 0.4) is 0 Å². The number of hydrogen-bond acceptors (Lipinski definition) is 8. The van der Waals surface area contributed by atoms with E-state index in [9.17, 15) is 19.2 Å². The molecule has 1 aliphatic heterocycles. The van der Waals surface area contributed by atoms with Gasteiger partial charge in [0.05, 0.1) is 33.7 Å². The van der Waals surface area contributed by atoms with Crippen LogP contribution in [0.25, 0.3) is 28.0 Å². The largest absolute Gasteiger partial charge is 0.396 e. The van der Waals surface area contributed by atoms with E-state index in [4.69, 9.17) is 10.7 Å². The summed E-state index contributed by atoms with van der Waals surface area (Å²) in [6.45, 7) is 14.1. The minimum atomic E-state index is -0.643. The molecule has 11 heteroatoms. The van der Waals surface area contributed by atoms with Crippen LogP contribution in [0, 0.1) is 24.1 Å². The van der Waals surface area contributed by atoms with Crippen molar-refractivity contribution in [2.24, 2.45) is 0 Å². The molecule has 0 radical (unpaired) electrons. The second kappa shape index (κ2) is 11.3. The maximum Gasteiger partial charge on any atom is 0.355 e. The molecule has 0 unspecified atom stereocenters. The molecule has 1 aromatic carbocycles. The van der Waals surface area contributed by atoms with Crippen LogP contribution in [0.5, 0.6) is 0 Å². The molecule has 4 aromatic rings. The fourth-order valence-electron chi connectivity index (χ4n) is 5.72. The number of nitrogens with two attached hydrogens (primary N) is 1. The third kappa shape index (κ3) is 4.99. The molecule has 1 saturated heterocycles. The highest BCUT2D eigenvalue weighted by Crippen LogP contribution is 2.36. The van der Waals surface area contributed by atoms with Crippen LogP contribution < -0.4 is 16.3 Å². The van der Waals surface area contributed by atoms with Crippen molar-refractivity contribution in [3.8, 4) is 23.0 Å². The normalized spacial score (nSPS) is 16.9. The lowest BCUT2D eigenvalue weighted by atomic mass is 10.0. The number of aryl methyl sites for hydroxylation is 1. The van der Waals surface area contributed by atoms with Crippen LogP contribution in [-0.2, 0) is 4.79 Å². The van der Waals surface area contributed by atoms with Gasteiger partial charge in [0.2, 0.25) is 5.91 Å². The molecule has 0 spiro atoms. The number of anilines is 2. The Labute approximate surface area is 248 Å². The van der Waals surface area contributed by atoms with Crippen molar-refractivity contribution in [2.45, 2.75) is 52.6 Å². The second-order valence-corrected chi connectivity index (χ2v) is 11.2. The first kappa shape index (κ1) is 29.4. The summed E-state index contributed by atoms with van der Waals surface area (Å²) < 4.78 is 16.0. The highest BCUT2D eigenvalue weighted by atomic mass is 19.1. The Kier molecular flexibility index (Phi) is 7.71. The van der Waals surface area contributed by atoms with Gasteiger partial charge in [-0.3, -0.25) is 9.78 Å². The van der Waals surface area contributed by atoms with Crippen LogP contribution in [0.2, 0.25) is 0 Å². The lowest BCUT2D eigenvalue weighted by molar-refractivity contribution is -0.128. The Morgan fingerprint density at radius 3 is 2.63 bits per heavy atom. The summed E-state index contributed by atoms with van der Waals surface area (Å²) >= 11 is 0. The van der Waals surface area contributed by atoms with Crippen molar-refractivity contribution in [1.82, 2.24) is 24.4 Å². The van der Waals surface area contributed by atoms with Gasteiger partial charge in [-0.1, -0.05) is 32.6 Å². The summed E-state index contributed by atoms with van der Waals surface area (Å²) in [5.41, 5.74) is 8.15. The molecule has 10 nitrogen and oxygen atoms in total. The third-order valence-corrected chi connectivity index (χ3v) is 7.92. The fraction of sp³-hybridized carbons (Fsp3) is 0.312. The molecule has 1 fully saturated rings. The molecule has 2 N–H and O–H groups in total. The molecule has 5 rings (SSSR count). The summed E-state index contributed by atoms with van der Waals surface area (Å²) in [5, 5.41) is 10.7. The van der Waals surface area contributed by atoms with Gasteiger partial charge in [-0.05, 0) is 56.5 Å². The zero-order valence-electron chi connectivity index (χ0n) is 24.8. The quantitative estimate of drug-likeness (QED) is 0.270. The number of nitrogens with zero attached hydrogens (tertiary/aromatic N) is 7. The molecule has 3 aromatic heterocycles. The average molecular weight is 581 g/mol. The van der Waals surface area contributed by atoms with Crippen molar-refractivity contribution < 1.29 is 9.18 Å². The number of hydrogen-bond donors (Lipinski definition) is 1. The topological polar surface area (TPSA) is 134 Å². The van der Waals surface area contributed by atoms with E-state index in [2.05, 4.69) is 22.6 Å². The van der Waals surface area contributed by atoms with E-state index in [1.807, 2.05) is 45.6 Å². The second-order valence-electron chi connectivity index (χ2n) is 11.2. The number of fused-ring (bicyclic) bond motifs is 1. The Balaban J connectivity index is 1.87. The molecule has 220 valence electrons. The standard InChI is InChI=1S/C32H33FN8O2/c1-7-25(42)39-15-20(6)40(16-19(39)5)30-23-13-21(14-34)28(22-9-8-10-24(33)26(22)35)37-31(23)41(32(43)38-30)29-18(4)11-12-36-27(29)17(2)3/h7-13,17,19-20H,1,15-16,35H2,2-6H3/t19-,20+/m1/s1. The first-order chi connectivity index (χ1) is 20.5. The first-order valence-corrected chi connectivity index (χ1v) is 14.1. The third-order valence-electron chi connectivity index (χ3n) is 7.92. The number of piperazine rings is 1. The number of para-hydroxylation sites is 1. The Hall–Kier alpha value is -5.11. The van der Waals surface area contributed by atoms with Crippen LogP contribution in [0.1, 0.15) is 50.4 Å². The summed E-state index contributed by atoms with van der Waals surface area (Å²) in [5.74, 6) is -0.511. The molecule has 0 bridgehead atoms.